The standard InChI is InChI=1S/C28H32F3N9O3S/c1-17-16-32-37-22(17)13-18(2)33-26(41)19-14-23-24(15-25(19)39-9-11-40(12-10-39)44(42,43)38(3)4)36-27(35-23)34-21-8-6-5-7-20(21)28(29,30)31/h5-8,13-16H,9-12H2,1-4H3,(H,32,37)(H,33,41)(H2,34,35,36)/b18-13+. The van der Waals surface area contributed by atoms with Gasteiger partial charge >= 0.3 is 6.18 Å². The molecule has 1 saturated heterocycles. The summed E-state index contributed by atoms with van der Waals surface area (Å²) in [6.07, 6.45) is -1.16. The fourth-order valence-electron chi connectivity index (χ4n) is 4.91. The lowest BCUT2D eigenvalue weighted by atomic mass is 10.1. The van der Waals surface area contributed by atoms with Gasteiger partial charge in [0.05, 0.1) is 45.4 Å². The van der Waals surface area contributed by atoms with Crippen molar-refractivity contribution in [2.45, 2.75) is 20.0 Å². The van der Waals surface area contributed by atoms with Crippen LogP contribution in [0.4, 0.5) is 30.5 Å². The Morgan fingerprint density at radius 3 is 2.45 bits per heavy atom. The number of H-pyrrole nitrogens is 2. The Bertz CT molecular complexity index is 1820. The van der Waals surface area contributed by atoms with E-state index in [1.807, 2.05) is 11.8 Å². The minimum absolute atomic E-state index is 0.0629. The van der Waals surface area contributed by atoms with E-state index in [0.29, 0.717) is 35.5 Å². The van der Waals surface area contributed by atoms with E-state index in [0.717, 1.165) is 21.6 Å². The zero-order chi connectivity index (χ0) is 31.8. The molecule has 0 spiro atoms. The molecule has 5 rings (SSSR count). The number of piperazine rings is 1. The van der Waals surface area contributed by atoms with Crippen molar-refractivity contribution in [3.8, 4) is 0 Å². The number of rotatable bonds is 8. The molecule has 12 nitrogen and oxygen atoms in total. The number of aromatic nitrogens is 4. The number of hydrogen-bond donors (Lipinski definition) is 4. The van der Waals surface area contributed by atoms with E-state index < -0.39 is 27.9 Å². The van der Waals surface area contributed by atoms with Gasteiger partial charge < -0.3 is 20.5 Å². The molecule has 0 saturated carbocycles. The van der Waals surface area contributed by atoms with Crippen LogP contribution in [-0.2, 0) is 16.4 Å². The Hall–Kier alpha value is -4.41. The highest BCUT2D eigenvalue weighted by atomic mass is 32.2. The highest BCUT2D eigenvalue weighted by molar-refractivity contribution is 7.86. The van der Waals surface area contributed by atoms with E-state index in [-0.39, 0.29) is 30.3 Å². The van der Waals surface area contributed by atoms with Crippen LogP contribution in [-0.4, -0.2) is 83.4 Å². The number of fused-ring (bicyclic) bond motifs is 1. The molecule has 1 aliphatic rings. The molecule has 4 N–H and O–H groups in total. The first-order valence-electron chi connectivity index (χ1n) is 13.6. The molecule has 0 radical (unpaired) electrons. The van der Waals surface area contributed by atoms with Gasteiger partial charge in [0.25, 0.3) is 16.1 Å². The molecule has 0 unspecified atom stereocenters. The van der Waals surface area contributed by atoms with Gasteiger partial charge in [-0.25, -0.2) is 4.98 Å². The molecule has 1 aliphatic heterocycles. The molecule has 3 heterocycles. The average molecular weight is 632 g/mol. The molecule has 1 amide bonds. The number of hydrogen-bond acceptors (Lipinski definition) is 7. The number of allylic oxidation sites excluding steroid dienone is 1. The zero-order valence-electron chi connectivity index (χ0n) is 24.5. The van der Waals surface area contributed by atoms with Crippen LogP contribution in [0, 0.1) is 6.92 Å². The second-order valence-corrected chi connectivity index (χ2v) is 12.7. The van der Waals surface area contributed by atoms with Crippen molar-refractivity contribution in [1.29, 1.82) is 0 Å². The molecule has 2 aromatic heterocycles. The fraction of sp³-hybridized carbons (Fsp3) is 0.321. The Labute approximate surface area is 252 Å². The first-order valence-corrected chi connectivity index (χ1v) is 15.0. The molecule has 1 fully saturated rings. The number of carbonyl (C=O) groups excluding carboxylic acids is 1. The largest absolute Gasteiger partial charge is 0.418 e. The normalized spacial score (nSPS) is 15.3. The van der Waals surface area contributed by atoms with Crippen molar-refractivity contribution in [2.24, 2.45) is 0 Å². The first kappa shape index (κ1) is 31.0. The molecule has 44 heavy (non-hydrogen) atoms. The minimum atomic E-state index is -4.57. The molecule has 0 atom stereocenters. The fourth-order valence-corrected chi connectivity index (χ4v) is 5.99. The molecular weight excluding hydrogens is 599 g/mol. The number of imidazole rings is 1. The van der Waals surface area contributed by atoms with Crippen molar-refractivity contribution in [1.82, 2.24) is 34.1 Å². The number of nitrogens with zero attached hydrogens (tertiary/aromatic N) is 5. The summed E-state index contributed by atoms with van der Waals surface area (Å²) in [5.41, 5.74) is 2.78. The number of benzene rings is 2. The van der Waals surface area contributed by atoms with Gasteiger partial charge in [0.15, 0.2) is 0 Å². The number of nitrogens with one attached hydrogen (secondary N) is 4. The number of aryl methyl sites for hydroxylation is 1. The number of amides is 1. The summed E-state index contributed by atoms with van der Waals surface area (Å²) in [6, 6.07) is 8.33. The molecule has 234 valence electrons. The molecule has 2 aromatic carbocycles. The van der Waals surface area contributed by atoms with Crippen LogP contribution < -0.4 is 15.5 Å². The molecule has 4 aromatic rings. The van der Waals surface area contributed by atoms with Crippen molar-refractivity contribution < 1.29 is 26.4 Å². The SMILES string of the molecule is C/C(=C\c1[nH]ncc1C)NC(=O)c1cc2[nH]c(Nc3ccccc3C(F)(F)F)nc2cc1N1CCN(S(=O)(=O)N(C)C)CC1. The van der Waals surface area contributed by atoms with Crippen LogP contribution >= 0.6 is 0 Å². The van der Waals surface area contributed by atoms with Crippen molar-refractivity contribution >= 4 is 50.5 Å². The van der Waals surface area contributed by atoms with Gasteiger partial charge in [0.2, 0.25) is 5.95 Å². The van der Waals surface area contributed by atoms with Crippen molar-refractivity contribution in [3.63, 3.8) is 0 Å². The summed E-state index contributed by atoms with van der Waals surface area (Å²) in [4.78, 5) is 23.0. The van der Waals surface area contributed by atoms with Crippen molar-refractivity contribution in [3.05, 3.63) is 70.7 Å². The van der Waals surface area contributed by atoms with Crippen LogP contribution in [0.15, 0.2) is 48.3 Å². The topological polar surface area (TPSA) is 142 Å². The number of aromatic amines is 2. The summed E-state index contributed by atoms with van der Waals surface area (Å²) in [7, 11) is -0.678. The maximum atomic E-state index is 13.6. The smallest absolute Gasteiger partial charge is 0.368 e. The third kappa shape index (κ3) is 6.41. The van der Waals surface area contributed by atoms with E-state index in [9.17, 15) is 26.4 Å². The Kier molecular flexibility index (Phi) is 8.42. The molecular formula is C28H32F3N9O3S. The van der Waals surface area contributed by atoms with Crippen LogP contribution in [0.5, 0.6) is 0 Å². The zero-order valence-corrected chi connectivity index (χ0v) is 25.3. The van der Waals surface area contributed by atoms with E-state index in [1.54, 1.807) is 31.3 Å². The van der Waals surface area contributed by atoms with Gasteiger partial charge in [-0.1, -0.05) is 12.1 Å². The number of para-hydroxylation sites is 1. The second kappa shape index (κ2) is 11.9. The first-order chi connectivity index (χ1) is 20.7. The highest BCUT2D eigenvalue weighted by Gasteiger charge is 2.34. The van der Waals surface area contributed by atoms with Gasteiger partial charge in [-0.2, -0.15) is 35.3 Å². The summed E-state index contributed by atoms with van der Waals surface area (Å²) in [6.45, 7) is 4.60. The lowest BCUT2D eigenvalue weighted by Crippen LogP contribution is -2.52. The summed E-state index contributed by atoms with van der Waals surface area (Å²) in [5.74, 6) is -0.365. The number of carbonyl (C=O) groups is 1. The molecule has 16 heteroatoms. The highest BCUT2D eigenvalue weighted by Crippen LogP contribution is 2.36. The van der Waals surface area contributed by atoms with Gasteiger partial charge in [-0.15, -0.1) is 0 Å². The Morgan fingerprint density at radius 2 is 1.82 bits per heavy atom. The quantitative estimate of drug-likeness (QED) is 0.230. The number of halogens is 3. The summed E-state index contributed by atoms with van der Waals surface area (Å²) >= 11 is 0. The van der Waals surface area contributed by atoms with E-state index in [1.165, 1.54) is 36.6 Å². The molecule has 0 bridgehead atoms. The van der Waals surface area contributed by atoms with Crippen LogP contribution in [0.2, 0.25) is 0 Å². The summed E-state index contributed by atoms with van der Waals surface area (Å²) in [5, 5.41) is 12.5. The molecule has 0 aliphatic carbocycles. The Balaban J connectivity index is 1.49. The second-order valence-electron chi connectivity index (χ2n) is 10.6. The minimum Gasteiger partial charge on any atom is -0.368 e. The summed E-state index contributed by atoms with van der Waals surface area (Å²) < 4.78 is 68.6. The van der Waals surface area contributed by atoms with Crippen LogP contribution in [0.1, 0.15) is 34.1 Å². The maximum Gasteiger partial charge on any atom is 0.418 e. The van der Waals surface area contributed by atoms with Gasteiger partial charge in [0, 0.05) is 46.0 Å². The third-order valence-electron chi connectivity index (χ3n) is 7.24. The van der Waals surface area contributed by atoms with E-state index in [2.05, 4.69) is 30.8 Å². The van der Waals surface area contributed by atoms with Crippen molar-refractivity contribution in [2.75, 3.05) is 50.5 Å². The monoisotopic (exact) mass is 631 g/mol. The van der Waals surface area contributed by atoms with E-state index >= 15 is 0 Å². The van der Waals surface area contributed by atoms with E-state index in [4.69, 9.17) is 0 Å². The third-order valence-corrected chi connectivity index (χ3v) is 9.18. The average Bonchev–Trinajstić information content (AvgIpc) is 3.56. The predicted molar refractivity (Wildman–Crippen MR) is 162 cm³/mol. The van der Waals surface area contributed by atoms with Gasteiger partial charge in [0.1, 0.15) is 0 Å². The lowest BCUT2D eigenvalue weighted by Gasteiger charge is -2.37. The van der Waals surface area contributed by atoms with Crippen LogP contribution in [0.25, 0.3) is 17.1 Å². The van der Waals surface area contributed by atoms with Gasteiger partial charge in [-0.3, -0.25) is 9.89 Å². The number of anilines is 3. The van der Waals surface area contributed by atoms with Gasteiger partial charge in [-0.05, 0) is 49.8 Å². The predicted octanol–water partition coefficient (Wildman–Crippen LogP) is 4.08. The lowest BCUT2D eigenvalue weighted by molar-refractivity contribution is -0.136. The maximum absolute atomic E-state index is 13.6. The number of alkyl halides is 3. The Morgan fingerprint density at radius 1 is 1.11 bits per heavy atom. The van der Waals surface area contributed by atoms with Crippen LogP contribution in [0.3, 0.4) is 0 Å².